The molecule has 0 radical (unpaired) electrons. The maximum Gasteiger partial charge on any atom is 0.254 e. The molecule has 1 aliphatic rings. The molecule has 0 aliphatic carbocycles. The molecule has 1 aliphatic heterocycles. The molecule has 7 heteroatoms. The molecule has 5 nitrogen and oxygen atoms in total. The van der Waals surface area contributed by atoms with Crippen LogP contribution in [-0.2, 0) is 0 Å². The third kappa shape index (κ3) is 4.18. The lowest BCUT2D eigenvalue weighted by molar-refractivity contribution is 0.0634. The highest BCUT2D eigenvalue weighted by molar-refractivity contribution is 6.31. The second kappa shape index (κ2) is 9.03. The minimum absolute atomic E-state index is 0. The Morgan fingerprint density at radius 3 is 2.62 bits per heavy atom. The highest BCUT2D eigenvalue weighted by Gasteiger charge is 2.30. The van der Waals surface area contributed by atoms with Gasteiger partial charge in [0.1, 0.15) is 0 Å². The maximum absolute atomic E-state index is 13.1. The topological polar surface area (TPSA) is 61.4 Å². The van der Waals surface area contributed by atoms with E-state index in [4.69, 9.17) is 11.6 Å². The van der Waals surface area contributed by atoms with E-state index in [9.17, 15) is 9.59 Å². The van der Waals surface area contributed by atoms with Gasteiger partial charge in [0.05, 0.1) is 6.04 Å². The summed E-state index contributed by atoms with van der Waals surface area (Å²) in [7, 11) is 1.57. The van der Waals surface area contributed by atoms with Crippen LogP contribution in [0.4, 0.5) is 0 Å². The summed E-state index contributed by atoms with van der Waals surface area (Å²) in [6, 6.07) is 14.2. The molecule has 2 aromatic carbocycles. The van der Waals surface area contributed by atoms with Crippen molar-refractivity contribution in [2.75, 3.05) is 26.7 Å². The summed E-state index contributed by atoms with van der Waals surface area (Å²) in [4.78, 5) is 26.7. The predicted octanol–water partition coefficient (Wildman–Crippen LogP) is 2.91. The lowest BCUT2D eigenvalue weighted by Gasteiger charge is -2.37. The van der Waals surface area contributed by atoms with Gasteiger partial charge in [0, 0.05) is 42.8 Å². The van der Waals surface area contributed by atoms with Gasteiger partial charge in [0.2, 0.25) is 0 Å². The van der Waals surface area contributed by atoms with Crippen LogP contribution in [-0.4, -0.2) is 43.4 Å². The van der Waals surface area contributed by atoms with Crippen LogP contribution in [0.5, 0.6) is 0 Å². The Hall–Kier alpha value is -2.08. The Morgan fingerprint density at radius 1 is 1.15 bits per heavy atom. The fourth-order valence-corrected chi connectivity index (χ4v) is 3.34. The van der Waals surface area contributed by atoms with Gasteiger partial charge in [-0.15, -0.1) is 12.4 Å². The van der Waals surface area contributed by atoms with Gasteiger partial charge >= 0.3 is 0 Å². The number of nitrogens with zero attached hydrogens (tertiary/aromatic N) is 1. The van der Waals surface area contributed by atoms with E-state index in [0.29, 0.717) is 29.2 Å². The monoisotopic (exact) mass is 393 g/mol. The first-order chi connectivity index (χ1) is 12.1. The van der Waals surface area contributed by atoms with Crippen LogP contribution in [0.3, 0.4) is 0 Å². The average molecular weight is 394 g/mol. The number of nitrogens with one attached hydrogen (secondary N) is 2. The number of halogens is 2. The highest BCUT2D eigenvalue weighted by Crippen LogP contribution is 2.29. The summed E-state index contributed by atoms with van der Waals surface area (Å²) in [6.07, 6.45) is 0. The van der Waals surface area contributed by atoms with Crippen LogP contribution in [0.1, 0.15) is 32.3 Å². The molecule has 0 saturated carbocycles. The summed E-state index contributed by atoms with van der Waals surface area (Å²) >= 11 is 6.34. The van der Waals surface area contributed by atoms with Gasteiger partial charge in [0.25, 0.3) is 11.8 Å². The number of amides is 2. The van der Waals surface area contributed by atoms with Gasteiger partial charge in [-0.1, -0.05) is 35.9 Å². The molecule has 1 heterocycles. The first-order valence-corrected chi connectivity index (χ1v) is 8.58. The van der Waals surface area contributed by atoms with E-state index >= 15 is 0 Å². The molecule has 0 spiro atoms. The van der Waals surface area contributed by atoms with Crippen LogP contribution in [0.25, 0.3) is 0 Å². The van der Waals surface area contributed by atoms with E-state index in [1.807, 2.05) is 29.2 Å². The fraction of sp³-hybridized carbons (Fsp3) is 0.263. The molecule has 0 aromatic heterocycles. The van der Waals surface area contributed by atoms with Crippen molar-refractivity contribution in [2.45, 2.75) is 6.04 Å². The quantitative estimate of drug-likeness (QED) is 0.842. The van der Waals surface area contributed by atoms with Gasteiger partial charge in [0.15, 0.2) is 0 Å². The Kier molecular flexibility index (Phi) is 7.03. The first-order valence-electron chi connectivity index (χ1n) is 8.20. The molecule has 1 unspecified atom stereocenters. The highest BCUT2D eigenvalue weighted by atomic mass is 35.5. The summed E-state index contributed by atoms with van der Waals surface area (Å²) in [6.45, 7) is 1.95. The van der Waals surface area contributed by atoms with Crippen LogP contribution >= 0.6 is 24.0 Å². The van der Waals surface area contributed by atoms with Crippen LogP contribution in [0.15, 0.2) is 48.5 Å². The maximum atomic E-state index is 13.1. The standard InChI is InChI=1S/C19H20ClN3O2.ClH/c1-21-18(24)13-5-4-6-14(11-13)19(25)23-10-9-22-12-17(23)15-7-2-3-8-16(15)20;/h2-8,11,17,22H,9-10,12H2,1H3,(H,21,24);1H. The number of carbonyl (C=O) groups is 2. The molecule has 3 rings (SSSR count). The van der Waals surface area contributed by atoms with Gasteiger partial charge in [-0.2, -0.15) is 0 Å². The van der Waals surface area contributed by atoms with E-state index in [0.717, 1.165) is 12.1 Å². The summed E-state index contributed by atoms with van der Waals surface area (Å²) in [5.41, 5.74) is 1.89. The van der Waals surface area contributed by atoms with Gasteiger partial charge in [-0.3, -0.25) is 9.59 Å². The average Bonchev–Trinajstić information content (AvgIpc) is 2.67. The molecule has 2 amide bonds. The van der Waals surface area contributed by atoms with E-state index in [1.54, 1.807) is 31.3 Å². The normalized spacial score (nSPS) is 16.5. The van der Waals surface area contributed by atoms with E-state index in [-0.39, 0.29) is 30.3 Å². The van der Waals surface area contributed by atoms with Crippen molar-refractivity contribution in [3.8, 4) is 0 Å². The zero-order valence-electron chi connectivity index (χ0n) is 14.4. The molecule has 2 aromatic rings. The Bertz CT molecular complexity index is 798. The minimum atomic E-state index is -0.211. The van der Waals surface area contributed by atoms with Crippen molar-refractivity contribution >= 4 is 35.8 Å². The second-order valence-electron chi connectivity index (χ2n) is 5.90. The first kappa shape index (κ1) is 20.2. The van der Waals surface area contributed by atoms with Gasteiger partial charge < -0.3 is 15.5 Å². The van der Waals surface area contributed by atoms with Crippen molar-refractivity contribution in [1.29, 1.82) is 0 Å². The van der Waals surface area contributed by atoms with Gasteiger partial charge in [-0.05, 0) is 29.8 Å². The summed E-state index contributed by atoms with van der Waals surface area (Å²) in [5, 5.41) is 6.54. The number of piperazine rings is 1. The molecule has 138 valence electrons. The minimum Gasteiger partial charge on any atom is -0.355 e. The number of hydrogen-bond donors (Lipinski definition) is 2. The number of carbonyl (C=O) groups excluding carboxylic acids is 2. The third-order valence-electron chi connectivity index (χ3n) is 4.37. The zero-order valence-corrected chi connectivity index (χ0v) is 15.9. The van der Waals surface area contributed by atoms with Gasteiger partial charge in [-0.25, -0.2) is 0 Å². The molecular weight excluding hydrogens is 373 g/mol. The Balaban J connectivity index is 0.00000243. The van der Waals surface area contributed by atoms with Crippen LogP contribution < -0.4 is 10.6 Å². The van der Waals surface area contributed by atoms with Crippen LogP contribution in [0.2, 0.25) is 5.02 Å². The lowest BCUT2D eigenvalue weighted by atomic mass is 10.0. The molecule has 1 atom stereocenters. The fourth-order valence-electron chi connectivity index (χ4n) is 3.07. The number of hydrogen-bond acceptors (Lipinski definition) is 3. The molecule has 0 bridgehead atoms. The van der Waals surface area contributed by atoms with Crippen molar-refractivity contribution < 1.29 is 9.59 Å². The SMILES string of the molecule is CNC(=O)c1cccc(C(=O)N2CCNCC2c2ccccc2Cl)c1.Cl. The van der Waals surface area contributed by atoms with Crippen molar-refractivity contribution in [2.24, 2.45) is 0 Å². The Morgan fingerprint density at radius 2 is 1.88 bits per heavy atom. The predicted molar refractivity (Wildman–Crippen MR) is 105 cm³/mol. The second-order valence-corrected chi connectivity index (χ2v) is 6.31. The van der Waals surface area contributed by atoms with Crippen LogP contribution in [0, 0.1) is 0 Å². The summed E-state index contributed by atoms with van der Waals surface area (Å²) < 4.78 is 0. The largest absolute Gasteiger partial charge is 0.355 e. The summed E-state index contributed by atoms with van der Waals surface area (Å²) in [5.74, 6) is -0.310. The molecular formula is C19H21Cl2N3O2. The van der Waals surface area contributed by atoms with E-state index in [1.165, 1.54) is 0 Å². The third-order valence-corrected chi connectivity index (χ3v) is 4.71. The lowest BCUT2D eigenvalue weighted by Crippen LogP contribution is -2.48. The number of benzene rings is 2. The van der Waals surface area contributed by atoms with E-state index < -0.39 is 0 Å². The Labute approximate surface area is 164 Å². The molecule has 26 heavy (non-hydrogen) atoms. The van der Waals surface area contributed by atoms with Crippen molar-refractivity contribution in [3.63, 3.8) is 0 Å². The van der Waals surface area contributed by atoms with Crippen molar-refractivity contribution in [1.82, 2.24) is 15.5 Å². The van der Waals surface area contributed by atoms with Crippen molar-refractivity contribution in [3.05, 3.63) is 70.2 Å². The molecule has 2 N–H and O–H groups in total. The molecule has 1 saturated heterocycles. The number of rotatable bonds is 3. The zero-order chi connectivity index (χ0) is 17.8. The molecule has 1 fully saturated rings. The van der Waals surface area contributed by atoms with E-state index in [2.05, 4.69) is 10.6 Å². The smallest absolute Gasteiger partial charge is 0.254 e.